The summed E-state index contributed by atoms with van der Waals surface area (Å²) in [6, 6.07) is 14.6. The summed E-state index contributed by atoms with van der Waals surface area (Å²) in [6.45, 7) is 0. The number of imide groups is 1. The number of halogens is 1. The number of amides is 3. The van der Waals surface area contributed by atoms with E-state index in [0.717, 1.165) is 15.6 Å². The van der Waals surface area contributed by atoms with Gasteiger partial charge < -0.3 is 5.32 Å². The van der Waals surface area contributed by atoms with E-state index in [-0.39, 0.29) is 36.5 Å². The Hall–Kier alpha value is -2.70. The zero-order valence-electron chi connectivity index (χ0n) is 14.1. The van der Waals surface area contributed by atoms with Crippen molar-refractivity contribution >= 4 is 56.4 Å². The third-order valence-corrected chi connectivity index (χ3v) is 5.81. The number of hydrogen-bond donors (Lipinski definition) is 2. The zero-order valence-corrected chi connectivity index (χ0v) is 15.7. The Bertz CT molecular complexity index is 1060. The van der Waals surface area contributed by atoms with Crippen LogP contribution in [0.1, 0.15) is 34.0 Å². The maximum absolute atomic E-state index is 12.6. The van der Waals surface area contributed by atoms with E-state index in [1.54, 1.807) is 12.1 Å². The van der Waals surface area contributed by atoms with Crippen LogP contribution < -0.4 is 10.6 Å². The van der Waals surface area contributed by atoms with Crippen molar-refractivity contribution in [2.24, 2.45) is 0 Å². The van der Waals surface area contributed by atoms with Crippen LogP contribution in [0.5, 0.6) is 0 Å². The monoisotopic (exact) mass is 398 g/mol. The van der Waals surface area contributed by atoms with Crippen LogP contribution in [0, 0.1) is 0 Å². The van der Waals surface area contributed by atoms with Gasteiger partial charge in [0.2, 0.25) is 11.8 Å². The standard InChI is InChI=1S/C20H15ClN2O3S/c21-14-4-5-16-13(6-14)8-17(27-16)20(26)22-15-3-1-2-11(7-15)12-9-18(24)23-19(25)10-12/h1-8,12H,9-10H2,(H,22,26)(H,23,24,25). The summed E-state index contributed by atoms with van der Waals surface area (Å²) < 4.78 is 0.991. The maximum atomic E-state index is 12.6. The SMILES string of the molecule is O=C1CC(c2cccc(NC(=O)c3cc4cc(Cl)ccc4s3)c2)CC(=O)N1. The smallest absolute Gasteiger partial charge is 0.265 e. The van der Waals surface area contributed by atoms with E-state index in [1.807, 2.05) is 36.4 Å². The lowest BCUT2D eigenvalue weighted by Gasteiger charge is -2.21. The van der Waals surface area contributed by atoms with Gasteiger partial charge in [0.25, 0.3) is 5.91 Å². The lowest BCUT2D eigenvalue weighted by atomic mass is 9.89. The number of piperidine rings is 1. The van der Waals surface area contributed by atoms with E-state index in [2.05, 4.69) is 10.6 Å². The maximum Gasteiger partial charge on any atom is 0.265 e. The van der Waals surface area contributed by atoms with Gasteiger partial charge in [0.1, 0.15) is 0 Å². The molecule has 0 bridgehead atoms. The molecule has 1 fully saturated rings. The molecule has 3 aromatic rings. The molecule has 0 aliphatic carbocycles. The molecule has 1 aromatic heterocycles. The van der Waals surface area contributed by atoms with E-state index in [1.165, 1.54) is 11.3 Å². The number of carbonyl (C=O) groups is 3. The minimum atomic E-state index is -0.269. The van der Waals surface area contributed by atoms with Crippen LogP contribution in [0.4, 0.5) is 5.69 Å². The number of hydrogen-bond acceptors (Lipinski definition) is 4. The number of carbonyl (C=O) groups excluding carboxylic acids is 3. The van der Waals surface area contributed by atoms with Gasteiger partial charge in [-0.2, -0.15) is 0 Å². The molecule has 0 saturated carbocycles. The average Bonchev–Trinajstić information content (AvgIpc) is 3.04. The van der Waals surface area contributed by atoms with Gasteiger partial charge in [0.15, 0.2) is 0 Å². The van der Waals surface area contributed by atoms with Crippen LogP contribution >= 0.6 is 22.9 Å². The van der Waals surface area contributed by atoms with Gasteiger partial charge >= 0.3 is 0 Å². The van der Waals surface area contributed by atoms with Gasteiger partial charge in [-0.1, -0.05) is 23.7 Å². The largest absolute Gasteiger partial charge is 0.321 e. The fourth-order valence-electron chi connectivity index (χ4n) is 3.20. The van der Waals surface area contributed by atoms with Crippen molar-refractivity contribution in [1.29, 1.82) is 0 Å². The molecule has 7 heteroatoms. The van der Waals surface area contributed by atoms with Crippen LogP contribution in [0.25, 0.3) is 10.1 Å². The Kier molecular flexibility index (Phi) is 4.68. The molecule has 0 unspecified atom stereocenters. The number of nitrogens with one attached hydrogen (secondary N) is 2. The van der Waals surface area contributed by atoms with Crippen molar-refractivity contribution in [3.05, 3.63) is 64.0 Å². The molecule has 2 aromatic carbocycles. The first kappa shape index (κ1) is 17.7. The Morgan fingerprint density at radius 1 is 1.07 bits per heavy atom. The first-order valence-corrected chi connectivity index (χ1v) is 9.60. The summed E-state index contributed by atoms with van der Waals surface area (Å²) in [5, 5.41) is 6.76. The van der Waals surface area contributed by atoms with Gasteiger partial charge in [-0.3, -0.25) is 19.7 Å². The molecule has 27 heavy (non-hydrogen) atoms. The lowest BCUT2D eigenvalue weighted by molar-refractivity contribution is -0.133. The second-order valence-electron chi connectivity index (χ2n) is 6.45. The van der Waals surface area contributed by atoms with Crippen molar-refractivity contribution in [3.8, 4) is 0 Å². The molecule has 1 aliphatic heterocycles. The topological polar surface area (TPSA) is 75.3 Å². The molecule has 3 amide bonds. The number of benzene rings is 2. The Balaban J connectivity index is 1.54. The zero-order chi connectivity index (χ0) is 19.0. The summed E-state index contributed by atoms with van der Waals surface area (Å²) in [6.07, 6.45) is 0.528. The van der Waals surface area contributed by atoms with Crippen LogP contribution in [0.3, 0.4) is 0 Å². The highest BCUT2D eigenvalue weighted by Crippen LogP contribution is 2.30. The quantitative estimate of drug-likeness (QED) is 0.645. The van der Waals surface area contributed by atoms with Gasteiger partial charge in [0.05, 0.1) is 4.88 Å². The molecule has 0 atom stereocenters. The molecule has 2 heterocycles. The molecule has 0 spiro atoms. The first-order chi connectivity index (χ1) is 13.0. The molecular formula is C20H15ClN2O3S. The van der Waals surface area contributed by atoms with E-state index in [0.29, 0.717) is 15.6 Å². The van der Waals surface area contributed by atoms with Gasteiger partial charge in [0, 0.05) is 34.2 Å². The predicted molar refractivity (Wildman–Crippen MR) is 106 cm³/mol. The Morgan fingerprint density at radius 3 is 2.63 bits per heavy atom. The number of fused-ring (bicyclic) bond motifs is 1. The van der Waals surface area contributed by atoms with E-state index < -0.39 is 0 Å². The van der Waals surface area contributed by atoms with Gasteiger partial charge in [-0.15, -0.1) is 11.3 Å². The van der Waals surface area contributed by atoms with Gasteiger partial charge in [-0.05, 0) is 47.3 Å². The van der Waals surface area contributed by atoms with E-state index >= 15 is 0 Å². The average molecular weight is 399 g/mol. The molecular weight excluding hydrogens is 384 g/mol. The molecule has 5 nitrogen and oxygen atoms in total. The van der Waals surface area contributed by atoms with Crippen LogP contribution in [0.15, 0.2) is 48.5 Å². The predicted octanol–water partition coefficient (Wildman–Crippen LogP) is 4.33. The number of rotatable bonds is 3. The normalized spacial score (nSPS) is 15.0. The van der Waals surface area contributed by atoms with Crippen LogP contribution in [-0.2, 0) is 9.59 Å². The van der Waals surface area contributed by atoms with Crippen molar-refractivity contribution in [2.45, 2.75) is 18.8 Å². The lowest BCUT2D eigenvalue weighted by Crippen LogP contribution is -2.37. The fraction of sp³-hybridized carbons (Fsp3) is 0.150. The molecule has 0 radical (unpaired) electrons. The van der Waals surface area contributed by atoms with E-state index in [4.69, 9.17) is 11.6 Å². The minimum absolute atomic E-state index is 0.172. The summed E-state index contributed by atoms with van der Waals surface area (Å²) in [4.78, 5) is 36.4. The Labute approximate surface area is 164 Å². The van der Waals surface area contributed by atoms with Crippen LogP contribution in [0.2, 0.25) is 5.02 Å². The highest BCUT2D eigenvalue weighted by Gasteiger charge is 2.26. The highest BCUT2D eigenvalue weighted by atomic mass is 35.5. The molecule has 1 aliphatic rings. The van der Waals surface area contributed by atoms with E-state index in [9.17, 15) is 14.4 Å². The van der Waals surface area contributed by atoms with Gasteiger partial charge in [-0.25, -0.2) is 0 Å². The first-order valence-electron chi connectivity index (χ1n) is 8.41. The summed E-state index contributed by atoms with van der Waals surface area (Å²) >= 11 is 7.40. The van der Waals surface area contributed by atoms with Crippen LogP contribution in [-0.4, -0.2) is 17.7 Å². The molecule has 4 rings (SSSR count). The third kappa shape index (κ3) is 3.86. The van der Waals surface area contributed by atoms with Crippen molar-refractivity contribution < 1.29 is 14.4 Å². The summed E-state index contributed by atoms with van der Waals surface area (Å²) in [7, 11) is 0. The summed E-state index contributed by atoms with van der Waals surface area (Å²) in [5.41, 5.74) is 1.49. The third-order valence-electron chi connectivity index (χ3n) is 4.46. The molecule has 136 valence electrons. The second kappa shape index (κ2) is 7.13. The fourth-order valence-corrected chi connectivity index (χ4v) is 4.32. The number of thiophene rings is 1. The van der Waals surface area contributed by atoms with Crippen molar-refractivity contribution in [3.63, 3.8) is 0 Å². The summed E-state index contributed by atoms with van der Waals surface area (Å²) in [5.74, 6) is -0.916. The Morgan fingerprint density at radius 2 is 1.85 bits per heavy atom. The van der Waals surface area contributed by atoms with Crippen molar-refractivity contribution in [1.82, 2.24) is 5.32 Å². The molecule has 1 saturated heterocycles. The number of anilines is 1. The second-order valence-corrected chi connectivity index (χ2v) is 7.97. The highest BCUT2D eigenvalue weighted by molar-refractivity contribution is 7.20. The molecule has 2 N–H and O–H groups in total. The minimum Gasteiger partial charge on any atom is -0.321 e. The van der Waals surface area contributed by atoms with Crippen molar-refractivity contribution in [2.75, 3.05) is 5.32 Å².